The minimum absolute atomic E-state index is 0.175. The van der Waals surface area contributed by atoms with Crippen molar-refractivity contribution in [1.29, 1.82) is 0 Å². The van der Waals surface area contributed by atoms with E-state index in [9.17, 15) is 0 Å². The summed E-state index contributed by atoms with van der Waals surface area (Å²) in [5.41, 5.74) is 7.36. The van der Waals surface area contributed by atoms with E-state index in [1.807, 2.05) is 26.0 Å². The van der Waals surface area contributed by atoms with E-state index in [1.54, 1.807) is 6.07 Å². The Morgan fingerprint density at radius 3 is 2.81 bits per heavy atom. The fraction of sp³-hybridized carbons (Fsp3) is 0.500. The number of anilines is 2. The first-order valence-corrected chi connectivity index (χ1v) is 5.56. The van der Waals surface area contributed by atoms with Crippen molar-refractivity contribution >= 4 is 11.4 Å². The van der Waals surface area contributed by atoms with E-state index in [-0.39, 0.29) is 12.6 Å². The largest absolute Gasteiger partial charge is 0.494 e. The second kappa shape index (κ2) is 6.23. The molecule has 16 heavy (non-hydrogen) atoms. The van der Waals surface area contributed by atoms with E-state index in [0.717, 1.165) is 11.4 Å². The van der Waals surface area contributed by atoms with Gasteiger partial charge in [0.05, 0.1) is 6.61 Å². The number of rotatable bonds is 6. The Balaban J connectivity index is 2.71. The summed E-state index contributed by atoms with van der Waals surface area (Å²) in [6, 6.07) is 5.77. The van der Waals surface area contributed by atoms with Crippen LogP contribution in [0.15, 0.2) is 18.2 Å². The van der Waals surface area contributed by atoms with Crippen molar-refractivity contribution in [3.05, 3.63) is 18.2 Å². The highest BCUT2D eigenvalue weighted by atomic mass is 16.5. The summed E-state index contributed by atoms with van der Waals surface area (Å²) in [5.74, 6) is 0.765. The zero-order chi connectivity index (χ0) is 12.0. The first-order chi connectivity index (χ1) is 7.65. The maximum atomic E-state index is 8.82. The molecule has 0 saturated carbocycles. The summed E-state index contributed by atoms with van der Waals surface area (Å²) in [7, 11) is 0. The quantitative estimate of drug-likeness (QED) is 0.645. The van der Waals surface area contributed by atoms with Gasteiger partial charge in [0.15, 0.2) is 0 Å². The van der Waals surface area contributed by atoms with E-state index in [2.05, 4.69) is 5.32 Å². The molecule has 90 valence electrons. The zero-order valence-electron chi connectivity index (χ0n) is 9.86. The third-order valence-electron chi connectivity index (χ3n) is 2.22. The van der Waals surface area contributed by atoms with E-state index in [4.69, 9.17) is 15.6 Å². The molecule has 0 saturated heterocycles. The Morgan fingerprint density at radius 2 is 2.19 bits per heavy atom. The first-order valence-electron chi connectivity index (χ1n) is 5.56. The number of aliphatic hydroxyl groups is 1. The van der Waals surface area contributed by atoms with Crippen LogP contribution in [0.25, 0.3) is 0 Å². The Morgan fingerprint density at radius 1 is 1.44 bits per heavy atom. The molecule has 0 aliphatic rings. The fourth-order valence-corrected chi connectivity index (χ4v) is 1.51. The Kier molecular flexibility index (Phi) is 4.92. The molecule has 0 aliphatic carbocycles. The molecule has 0 bridgehead atoms. The van der Waals surface area contributed by atoms with Gasteiger partial charge in [-0.2, -0.15) is 0 Å². The molecule has 0 aliphatic heterocycles. The number of nitrogens with one attached hydrogen (secondary N) is 1. The van der Waals surface area contributed by atoms with Gasteiger partial charge in [-0.25, -0.2) is 0 Å². The summed E-state index contributed by atoms with van der Waals surface area (Å²) < 4.78 is 5.40. The normalized spacial score (nSPS) is 12.2. The lowest BCUT2D eigenvalue weighted by Crippen LogP contribution is -2.16. The van der Waals surface area contributed by atoms with Crippen molar-refractivity contribution in [3.8, 4) is 5.75 Å². The third-order valence-corrected chi connectivity index (χ3v) is 2.22. The van der Waals surface area contributed by atoms with Gasteiger partial charge in [0, 0.05) is 36.2 Å². The first kappa shape index (κ1) is 12.6. The van der Waals surface area contributed by atoms with E-state index < -0.39 is 0 Å². The molecule has 0 fully saturated rings. The highest BCUT2D eigenvalue weighted by Gasteiger charge is 2.03. The smallest absolute Gasteiger partial charge is 0.123 e. The molecule has 4 heteroatoms. The molecule has 0 spiro atoms. The van der Waals surface area contributed by atoms with Gasteiger partial charge in [0.1, 0.15) is 5.75 Å². The maximum absolute atomic E-state index is 8.82. The van der Waals surface area contributed by atoms with Crippen molar-refractivity contribution in [2.75, 3.05) is 24.3 Å². The van der Waals surface area contributed by atoms with Crippen molar-refractivity contribution in [2.24, 2.45) is 0 Å². The van der Waals surface area contributed by atoms with Crippen molar-refractivity contribution in [2.45, 2.75) is 26.3 Å². The number of nitrogen functional groups attached to an aromatic ring is 1. The zero-order valence-corrected chi connectivity index (χ0v) is 9.86. The molecule has 1 unspecified atom stereocenters. The standard InChI is InChI=1S/C12H20N2O2/c1-3-16-12-7-10(13)6-11(8-12)14-9(2)4-5-15/h6-9,14-15H,3-5,13H2,1-2H3. The lowest BCUT2D eigenvalue weighted by Gasteiger charge is -2.15. The number of nitrogens with two attached hydrogens (primary N) is 1. The molecule has 0 amide bonds. The van der Waals surface area contributed by atoms with E-state index >= 15 is 0 Å². The third kappa shape index (κ3) is 3.98. The molecule has 0 aromatic heterocycles. The monoisotopic (exact) mass is 224 g/mol. The van der Waals surface area contributed by atoms with Crippen LogP contribution < -0.4 is 15.8 Å². The average molecular weight is 224 g/mol. The second-order valence-electron chi connectivity index (χ2n) is 3.78. The van der Waals surface area contributed by atoms with Crippen LogP contribution >= 0.6 is 0 Å². The number of hydrogen-bond donors (Lipinski definition) is 3. The van der Waals surface area contributed by atoms with Crippen LogP contribution in [0.1, 0.15) is 20.3 Å². The average Bonchev–Trinajstić information content (AvgIpc) is 2.17. The van der Waals surface area contributed by atoms with Gasteiger partial charge in [0.2, 0.25) is 0 Å². The highest BCUT2D eigenvalue weighted by molar-refractivity contribution is 5.59. The van der Waals surface area contributed by atoms with E-state index in [0.29, 0.717) is 18.7 Å². The summed E-state index contributed by atoms with van der Waals surface area (Å²) in [6.45, 7) is 4.74. The topological polar surface area (TPSA) is 67.5 Å². The number of aliphatic hydroxyl groups excluding tert-OH is 1. The van der Waals surface area contributed by atoms with Crippen molar-refractivity contribution in [1.82, 2.24) is 0 Å². The molecule has 1 rings (SSSR count). The Bertz CT molecular complexity index is 329. The van der Waals surface area contributed by atoms with Gasteiger partial charge in [-0.3, -0.25) is 0 Å². The summed E-state index contributed by atoms with van der Waals surface area (Å²) in [4.78, 5) is 0. The van der Waals surface area contributed by atoms with Crippen LogP contribution in [0.5, 0.6) is 5.75 Å². The predicted octanol–water partition coefficient (Wildman–Crippen LogP) is 1.85. The molecule has 0 heterocycles. The van der Waals surface area contributed by atoms with Crippen LogP contribution in [0.4, 0.5) is 11.4 Å². The molecule has 1 atom stereocenters. The molecule has 1 aromatic carbocycles. The van der Waals surface area contributed by atoms with Crippen molar-refractivity contribution in [3.63, 3.8) is 0 Å². The van der Waals surface area contributed by atoms with E-state index in [1.165, 1.54) is 0 Å². The van der Waals surface area contributed by atoms with Gasteiger partial charge in [-0.15, -0.1) is 0 Å². The second-order valence-corrected chi connectivity index (χ2v) is 3.78. The molecular weight excluding hydrogens is 204 g/mol. The van der Waals surface area contributed by atoms with Gasteiger partial charge >= 0.3 is 0 Å². The summed E-state index contributed by atoms with van der Waals surface area (Å²) in [5, 5.41) is 12.1. The minimum atomic E-state index is 0.175. The Hall–Kier alpha value is -1.42. The minimum Gasteiger partial charge on any atom is -0.494 e. The lowest BCUT2D eigenvalue weighted by molar-refractivity contribution is 0.282. The molecule has 4 nitrogen and oxygen atoms in total. The number of benzene rings is 1. The number of ether oxygens (including phenoxy) is 1. The van der Waals surface area contributed by atoms with Crippen LogP contribution in [0.3, 0.4) is 0 Å². The van der Waals surface area contributed by atoms with Crippen LogP contribution in [0.2, 0.25) is 0 Å². The summed E-state index contributed by atoms with van der Waals surface area (Å²) >= 11 is 0. The lowest BCUT2D eigenvalue weighted by atomic mass is 10.2. The molecule has 4 N–H and O–H groups in total. The van der Waals surface area contributed by atoms with Gasteiger partial charge in [-0.05, 0) is 26.3 Å². The molecular formula is C12H20N2O2. The highest BCUT2D eigenvalue weighted by Crippen LogP contribution is 2.23. The predicted molar refractivity (Wildman–Crippen MR) is 66.8 cm³/mol. The van der Waals surface area contributed by atoms with Gasteiger partial charge in [-0.1, -0.05) is 0 Å². The van der Waals surface area contributed by atoms with Gasteiger partial charge < -0.3 is 20.9 Å². The van der Waals surface area contributed by atoms with Crippen LogP contribution in [0, 0.1) is 0 Å². The Labute approximate surface area is 96.4 Å². The van der Waals surface area contributed by atoms with Crippen LogP contribution in [-0.4, -0.2) is 24.4 Å². The maximum Gasteiger partial charge on any atom is 0.123 e. The molecule has 0 radical (unpaired) electrons. The fourth-order valence-electron chi connectivity index (χ4n) is 1.51. The van der Waals surface area contributed by atoms with Gasteiger partial charge in [0.25, 0.3) is 0 Å². The summed E-state index contributed by atoms with van der Waals surface area (Å²) in [6.07, 6.45) is 0.707. The molecule has 1 aromatic rings. The van der Waals surface area contributed by atoms with Crippen molar-refractivity contribution < 1.29 is 9.84 Å². The van der Waals surface area contributed by atoms with Crippen LogP contribution in [-0.2, 0) is 0 Å². The number of hydrogen-bond acceptors (Lipinski definition) is 4. The SMILES string of the molecule is CCOc1cc(N)cc(NC(C)CCO)c1.